The first kappa shape index (κ1) is 89.4. The summed E-state index contributed by atoms with van der Waals surface area (Å²) in [6.45, 7) is 4.31. The van der Waals surface area contributed by atoms with E-state index in [1.165, 1.54) is 302 Å². The molecule has 11 heteroatoms. The van der Waals surface area contributed by atoms with E-state index >= 15 is 0 Å². The van der Waals surface area contributed by atoms with Crippen LogP contribution in [0.5, 0.6) is 0 Å². The lowest BCUT2D eigenvalue weighted by molar-refractivity contribution is -0.302. The maximum absolute atomic E-state index is 13.0. The smallest absolute Gasteiger partial charge is 0.305 e. The predicted molar refractivity (Wildman–Crippen MR) is 398 cm³/mol. The highest BCUT2D eigenvalue weighted by Crippen LogP contribution is 2.24. The van der Waals surface area contributed by atoms with Gasteiger partial charge in [0.2, 0.25) is 5.91 Å². The van der Waals surface area contributed by atoms with Gasteiger partial charge >= 0.3 is 5.97 Å². The second kappa shape index (κ2) is 71.6. The molecule has 0 radical (unpaired) electrons. The minimum atomic E-state index is -1.57. The average Bonchev–Trinajstić information content (AvgIpc) is 0.834. The van der Waals surface area contributed by atoms with Crippen molar-refractivity contribution in [3.63, 3.8) is 0 Å². The summed E-state index contributed by atoms with van der Waals surface area (Å²) >= 11 is 0. The molecule has 0 aromatic heterocycles. The number of carbonyl (C=O) groups excluding carboxylic acids is 2. The van der Waals surface area contributed by atoms with Crippen LogP contribution in [0, 0.1) is 0 Å². The Bertz CT molecular complexity index is 1750. The summed E-state index contributed by atoms with van der Waals surface area (Å²) in [6.07, 6.45) is 87.2. The van der Waals surface area contributed by atoms with Gasteiger partial charge in [0.25, 0.3) is 0 Å². The van der Waals surface area contributed by atoms with E-state index in [4.69, 9.17) is 14.2 Å². The highest BCUT2D eigenvalue weighted by atomic mass is 16.7. The zero-order valence-corrected chi connectivity index (χ0v) is 61.4. The molecule has 1 heterocycles. The molecule has 1 rings (SSSR count). The van der Waals surface area contributed by atoms with E-state index in [0.29, 0.717) is 19.4 Å². The first-order valence-corrected chi connectivity index (χ1v) is 40.6. The summed E-state index contributed by atoms with van der Waals surface area (Å²) < 4.78 is 16.7. The summed E-state index contributed by atoms with van der Waals surface area (Å²) in [7, 11) is 0. The van der Waals surface area contributed by atoms with Crippen LogP contribution < -0.4 is 5.32 Å². The standard InChI is InChI=1S/C83H153NO10/c1-3-5-7-9-11-13-14-15-16-17-42-45-48-51-55-59-63-67-71-79(88)92-72-68-64-60-56-52-49-46-43-40-38-36-34-32-30-28-26-24-22-20-18-19-21-23-25-27-29-31-33-35-37-39-41-44-47-50-54-58-62-66-70-78(87)84-75(76(86)69-65-61-57-53-12-10-8-6-4-2)74-93-83-82(91)81(90)80(89)77(73-85)94-83/h12,16-19,22,24,53,65,69,75-77,80-83,85-86,89-91H,3-11,13-15,20-21,23,25-52,54-64,66-68,70-74H2,1-2H3,(H,84,87)/b17-16-,19-18-,24-22-,53-12+,69-65+. The van der Waals surface area contributed by atoms with Crippen LogP contribution in [0.25, 0.3) is 0 Å². The van der Waals surface area contributed by atoms with Gasteiger partial charge in [-0.25, -0.2) is 0 Å². The minimum Gasteiger partial charge on any atom is -0.466 e. The average molecular weight is 1330 g/mol. The first-order chi connectivity index (χ1) is 46.2. The van der Waals surface area contributed by atoms with Crippen molar-refractivity contribution in [3.8, 4) is 0 Å². The molecule has 6 N–H and O–H groups in total. The molecule has 0 saturated carbocycles. The van der Waals surface area contributed by atoms with Crippen molar-refractivity contribution in [2.24, 2.45) is 0 Å². The van der Waals surface area contributed by atoms with Gasteiger partial charge < -0.3 is 45.1 Å². The van der Waals surface area contributed by atoms with Crippen LogP contribution in [-0.2, 0) is 23.8 Å². The van der Waals surface area contributed by atoms with Crippen molar-refractivity contribution < 1.29 is 49.3 Å². The van der Waals surface area contributed by atoms with E-state index in [-0.39, 0.29) is 18.5 Å². The van der Waals surface area contributed by atoms with Crippen LogP contribution in [0.2, 0.25) is 0 Å². The fraction of sp³-hybridized carbons (Fsp3) is 0.855. The number of hydrogen-bond acceptors (Lipinski definition) is 10. The Labute approximate surface area is 579 Å². The van der Waals surface area contributed by atoms with Gasteiger partial charge in [-0.1, -0.05) is 338 Å². The van der Waals surface area contributed by atoms with E-state index in [2.05, 4.69) is 67.8 Å². The Kier molecular flexibility index (Phi) is 68.1. The molecule has 7 unspecified atom stereocenters. The molecule has 1 aliphatic heterocycles. The van der Waals surface area contributed by atoms with Crippen LogP contribution in [-0.4, -0.2) is 100 Å². The number of hydrogen-bond donors (Lipinski definition) is 6. The number of amides is 1. The lowest BCUT2D eigenvalue weighted by Gasteiger charge is -2.40. The maximum atomic E-state index is 13.0. The van der Waals surface area contributed by atoms with Crippen LogP contribution in [0.3, 0.4) is 0 Å². The number of aliphatic hydroxyl groups is 5. The maximum Gasteiger partial charge on any atom is 0.305 e. The van der Waals surface area contributed by atoms with E-state index in [9.17, 15) is 35.1 Å². The second-order valence-corrected chi connectivity index (χ2v) is 28.1. The van der Waals surface area contributed by atoms with Gasteiger partial charge in [0.05, 0.1) is 32.0 Å². The summed E-state index contributed by atoms with van der Waals surface area (Å²) in [6, 6.07) is -0.825. The van der Waals surface area contributed by atoms with Crippen LogP contribution in [0.15, 0.2) is 60.8 Å². The fourth-order valence-corrected chi connectivity index (χ4v) is 12.7. The molecule has 0 aliphatic carbocycles. The van der Waals surface area contributed by atoms with Crippen LogP contribution in [0.1, 0.15) is 393 Å². The number of carbonyl (C=O) groups is 2. The van der Waals surface area contributed by atoms with Gasteiger partial charge in [0, 0.05) is 12.8 Å². The number of allylic oxidation sites excluding steroid dienone is 9. The number of ether oxygens (including phenoxy) is 3. The van der Waals surface area contributed by atoms with Crippen molar-refractivity contribution in [3.05, 3.63) is 60.8 Å². The SMILES string of the molecule is CCCCC/C=C/CC/C=C/C(O)C(COC1OC(CO)C(O)C(O)C1O)NC(=O)CCCCCCCCCCCCCCCCCCC/C=C\C/C=C\CCCCCCCCCCCCCCCCCOC(=O)CCCCCCCCC/C=C\CCCCCCCCC. The molecule has 7 atom stereocenters. The summed E-state index contributed by atoms with van der Waals surface area (Å²) in [5.41, 5.74) is 0. The van der Waals surface area contributed by atoms with E-state index in [0.717, 1.165) is 64.2 Å². The van der Waals surface area contributed by atoms with Gasteiger partial charge in [-0.3, -0.25) is 9.59 Å². The number of rotatable bonds is 72. The van der Waals surface area contributed by atoms with Crippen molar-refractivity contribution in [2.75, 3.05) is 19.8 Å². The monoisotopic (exact) mass is 1320 g/mol. The molecule has 0 aromatic carbocycles. The number of unbranched alkanes of at least 4 members (excludes halogenated alkanes) is 50. The van der Waals surface area contributed by atoms with Gasteiger partial charge in [-0.2, -0.15) is 0 Å². The van der Waals surface area contributed by atoms with Gasteiger partial charge in [-0.05, 0) is 103 Å². The quantitative estimate of drug-likeness (QED) is 0.0195. The van der Waals surface area contributed by atoms with Crippen LogP contribution >= 0.6 is 0 Å². The van der Waals surface area contributed by atoms with Crippen molar-refractivity contribution in [1.82, 2.24) is 5.32 Å². The van der Waals surface area contributed by atoms with Gasteiger partial charge in [0.1, 0.15) is 24.4 Å². The third kappa shape index (κ3) is 59.4. The van der Waals surface area contributed by atoms with Crippen molar-refractivity contribution in [1.29, 1.82) is 0 Å². The molecule has 0 aromatic rings. The van der Waals surface area contributed by atoms with E-state index in [1.807, 2.05) is 6.08 Å². The Hall–Kier alpha value is -2.64. The predicted octanol–water partition coefficient (Wildman–Crippen LogP) is 22.0. The zero-order chi connectivity index (χ0) is 67.9. The summed E-state index contributed by atoms with van der Waals surface area (Å²) in [4.78, 5) is 25.1. The zero-order valence-electron chi connectivity index (χ0n) is 61.4. The Morgan fingerprint density at radius 1 is 0.394 bits per heavy atom. The number of esters is 1. The molecule has 1 amide bonds. The van der Waals surface area contributed by atoms with Crippen molar-refractivity contribution >= 4 is 11.9 Å². The first-order valence-electron chi connectivity index (χ1n) is 40.6. The Balaban J connectivity index is 1.85. The molecule has 550 valence electrons. The molecule has 1 fully saturated rings. The largest absolute Gasteiger partial charge is 0.466 e. The summed E-state index contributed by atoms with van der Waals surface area (Å²) in [5.74, 6) is -0.179. The number of nitrogens with one attached hydrogen (secondary N) is 1. The molecule has 1 aliphatic rings. The van der Waals surface area contributed by atoms with Crippen LogP contribution in [0.4, 0.5) is 0 Å². The third-order valence-electron chi connectivity index (χ3n) is 19.1. The van der Waals surface area contributed by atoms with Gasteiger partial charge in [0.15, 0.2) is 6.29 Å². The third-order valence-corrected chi connectivity index (χ3v) is 19.1. The topological polar surface area (TPSA) is 175 Å². The molecule has 1 saturated heterocycles. The van der Waals surface area contributed by atoms with E-state index < -0.39 is 49.5 Å². The fourth-order valence-electron chi connectivity index (χ4n) is 12.7. The molecule has 94 heavy (non-hydrogen) atoms. The highest BCUT2D eigenvalue weighted by Gasteiger charge is 2.44. The minimum absolute atomic E-state index is 0.0118. The number of aliphatic hydroxyl groups excluding tert-OH is 5. The Morgan fingerprint density at radius 2 is 0.723 bits per heavy atom. The lowest BCUT2D eigenvalue weighted by atomic mass is 9.99. The molecule has 0 spiro atoms. The molecular formula is C83H153NO10. The molecule has 0 bridgehead atoms. The van der Waals surface area contributed by atoms with E-state index in [1.54, 1.807) is 6.08 Å². The second-order valence-electron chi connectivity index (χ2n) is 28.1. The summed E-state index contributed by atoms with van der Waals surface area (Å²) in [5, 5.41) is 54.3. The highest BCUT2D eigenvalue weighted by molar-refractivity contribution is 5.76. The Morgan fingerprint density at radius 3 is 1.14 bits per heavy atom. The normalized spacial score (nSPS) is 17.7. The van der Waals surface area contributed by atoms with Crippen molar-refractivity contribution in [2.45, 2.75) is 436 Å². The van der Waals surface area contributed by atoms with Gasteiger partial charge in [-0.15, -0.1) is 0 Å². The lowest BCUT2D eigenvalue weighted by Crippen LogP contribution is -2.60. The molecule has 11 nitrogen and oxygen atoms in total. The molecular weight excluding hydrogens is 1170 g/mol.